The van der Waals surface area contributed by atoms with Gasteiger partial charge < -0.3 is 11.1 Å². The second kappa shape index (κ2) is 7.88. The summed E-state index contributed by atoms with van der Waals surface area (Å²) in [6.07, 6.45) is 2.23. The number of anilines is 1. The van der Waals surface area contributed by atoms with Crippen LogP contribution in [0.25, 0.3) is 0 Å². The molecule has 0 aromatic heterocycles. The molecule has 0 saturated carbocycles. The number of benzene rings is 1. The van der Waals surface area contributed by atoms with Crippen LogP contribution in [-0.4, -0.2) is 36.5 Å². The number of nitrogens with one attached hydrogen (secondary N) is 1. The number of carbonyl (C=O) groups is 1. The minimum absolute atomic E-state index is 0.0439. The molecule has 0 aliphatic carbocycles. The Morgan fingerprint density at radius 3 is 2.60 bits per heavy atom. The van der Waals surface area contributed by atoms with Gasteiger partial charge in [-0.05, 0) is 99.3 Å². The highest BCUT2D eigenvalue weighted by molar-refractivity contribution is 14.1. The maximum atomic E-state index is 12.2. The Kier molecular flexibility index (Phi) is 6.76. The number of nitrogens with two attached hydrogens (primary N) is 1. The van der Waals surface area contributed by atoms with Gasteiger partial charge in [0.1, 0.15) is 0 Å². The second-order valence-electron chi connectivity index (χ2n) is 4.79. The van der Waals surface area contributed by atoms with Gasteiger partial charge in [-0.15, -0.1) is 0 Å². The van der Waals surface area contributed by atoms with E-state index < -0.39 is 0 Å². The molecule has 0 spiro atoms. The molecular formula is C13H16I3N3O. The maximum absolute atomic E-state index is 12.2. The molecule has 1 amide bonds. The summed E-state index contributed by atoms with van der Waals surface area (Å²) in [5.41, 5.74) is 6.66. The van der Waals surface area contributed by atoms with Gasteiger partial charge in [-0.2, -0.15) is 0 Å². The zero-order valence-corrected chi connectivity index (χ0v) is 17.3. The fourth-order valence-electron chi connectivity index (χ4n) is 2.40. The molecule has 0 radical (unpaired) electrons. The van der Waals surface area contributed by atoms with E-state index in [-0.39, 0.29) is 5.91 Å². The maximum Gasteiger partial charge on any atom is 0.238 e. The number of halogens is 3. The lowest BCUT2D eigenvalue weighted by atomic mass is 10.2. The lowest BCUT2D eigenvalue weighted by molar-refractivity contribution is -0.117. The number of nitrogens with zero attached hydrogens (tertiary/aromatic N) is 1. The molecule has 20 heavy (non-hydrogen) atoms. The first kappa shape index (κ1) is 17.2. The molecule has 110 valence electrons. The number of hydrogen-bond donors (Lipinski definition) is 2. The SMILES string of the molecule is NCC1CCCN1CC(=O)Nc1c(I)cc(I)cc1I. The van der Waals surface area contributed by atoms with Crippen LogP contribution in [-0.2, 0) is 4.79 Å². The first-order valence-corrected chi connectivity index (χ1v) is 9.63. The Hall–Kier alpha value is 0.800. The molecule has 4 nitrogen and oxygen atoms in total. The summed E-state index contributed by atoms with van der Waals surface area (Å²) < 4.78 is 3.32. The first-order chi connectivity index (χ1) is 9.51. The first-order valence-electron chi connectivity index (χ1n) is 6.39. The fourth-order valence-corrected chi connectivity index (χ4v) is 6.25. The Balaban J connectivity index is 2.01. The van der Waals surface area contributed by atoms with Crippen molar-refractivity contribution in [3.05, 3.63) is 22.8 Å². The fraction of sp³-hybridized carbons (Fsp3) is 0.462. The van der Waals surface area contributed by atoms with Crippen LogP contribution in [0.4, 0.5) is 5.69 Å². The van der Waals surface area contributed by atoms with Gasteiger partial charge in [0.25, 0.3) is 0 Å². The van der Waals surface area contributed by atoms with E-state index in [0.717, 1.165) is 32.2 Å². The van der Waals surface area contributed by atoms with Crippen molar-refractivity contribution in [3.8, 4) is 0 Å². The minimum Gasteiger partial charge on any atom is -0.329 e. The lowest BCUT2D eigenvalue weighted by Gasteiger charge is -2.22. The Labute approximate surface area is 160 Å². The topological polar surface area (TPSA) is 58.4 Å². The van der Waals surface area contributed by atoms with Gasteiger partial charge in [0.15, 0.2) is 0 Å². The summed E-state index contributed by atoms with van der Waals surface area (Å²) >= 11 is 6.81. The Bertz CT molecular complexity index is 487. The molecule has 1 aliphatic heterocycles. The summed E-state index contributed by atoms with van der Waals surface area (Å²) in [6.45, 7) is 2.03. The largest absolute Gasteiger partial charge is 0.329 e. The van der Waals surface area contributed by atoms with Crippen LogP contribution in [0.5, 0.6) is 0 Å². The van der Waals surface area contributed by atoms with E-state index in [2.05, 4.69) is 90.1 Å². The normalized spacial score (nSPS) is 19.3. The summed E-state index contributed by atoms with van der Waals surface area (Å²) in [5, 5.41) is 3.04. The molecule has 1 fully saturated rings. The van der Waals surface area contributed by atoms with E-state index in [9.17, 15) is 4.79 Å². The monoisotopic (exact) mass is 611 g/mol. The van der Waals surface area contributed by atoms with E-state index in [1.54, 1.807) is 0 Å². The predicted molar refractivity (Wildman–Crippen MR) is 107 cm³/mol. The van der Waals surface area contributed by atoms with Crippen molar-refractivity contribution in [2.45, 2.75) is 18.9 Å². The Morgan fingerprint density at radius 2 is 2.00 bits per heavy atom. The van der Waals surface area contributed by atoms with Crippen LogP contribution in [0.15, 0.2) is 12.1 Å². The average Bonchev–Trinajstić information content (AvgIpc) is 2.81. The molecule has 1 heterocycles. The van der Waals surface area contributed by atoms with Crippen molar-refractivity contribution < 1.29 is 4.79 Å². The molecule has 1 saturated heterocycles. The second-order valence-corrected chi connectivity index (χ2v) is 8.36. The van der Waals surface area contributed by atoms with Gasteiger partial charge in [0.2, 0.25) is 5.91 Å². The third kappa shape index (κ3) is 4.40. The Morgan fingerprint density at radius 1 is 1.35 bits per heavy atom. The van der Waals surface area contributed by atoms with Crippen LogP contribution < -0.4 is 11.1 Å². The van der Waals surface area contributed by atoms with E-state index in [1.165, 1.54) is 3.57 Å². The summed E-state index contributed by atoms with van der Waals surface area (Å²) in [5.74, 6) is 0.0439. The van der Waals surface area contributed by atoms with Crippen LogP contribution in [0, 0.1) is 10.7 Å². The molecule has 1 unspecified atom stereocenters. The molecule has 1 aromatic rings. The van der Waals surface area contributed by atoms with Crippen LogP contribution in [0.1, 0.15) is 12.8 Å². The van der Waals surface area contributed by atoms with E-state index in [0.29, 0.717) is 19.1 Å². The molecule has 1 aliphatic rings. The van der Waals surface area contributed by atoms with Crippen molar-refractivity contribution in [2.24, 2.45) is 5.73 Å². The minimum atomic E-state index is 0.0439. The zero-order valence-electron chi connectivity index (χ0n) is 10.8. The van der Waals surface area contributed by atoms with Gasteiger partial charge in [-0.25, -0.2) is 0 Å². The van der Waals surface area contributed by atoms with Gasteiger partial charge in [-0.3, -0.25) is 9.69 Å². The smallest absolute Gasteiger partial charge is 0.238 e. The molecule has 0 bridgehead atoms. The number of carbonyl (C=O) groups excluding carboxylic acids is 1. The highest BCUT2D eigenvalue weighted by atomic mass is 127. The van der Waals surface area contributed by atoms with E-state index in [4.69, 9.17) is 5.73 Å². The van der Waals surface area contributed by atoms with Gasteiger partial charge in [0, 0.05) is 23.3 Å². The van der Waals surface area contributed by atoms with Gasteiger partial charge in [0.05, 0.1) is 12.2 Å². The predicted octanol–water partition coefficient (Wildman–Crippen LogP) is 2.86. The number of rotatable bonds is 4. The van der Waals surface area contributed by atoms with E-state index >= 15 is 0 Å². The highest BCUT2D eigenvalue weighted by Crippen LogP contribution is 2.27. The van der Waals surface area contributed by atoms with Gasteiger partial charge >= 0.3 is 0 Å². The van der Waals surface area contributed by atoms with Crippen LogP contribution in [0.2, 0.25) is 0 Å². The summed E-state index contributed by atoms with van der Waals surface area (Å²) in [6, 6.07) is 4.49. The third-order valence-corrected chi connectivity index (χ3v) is 5.71. The van der Waals surface area contributed by atoms with Crippen molar-refractivity contribution in [3.63, 3.8) is 0 Å². The number of hydrogen-bond acceptors (Lipinski definition) is 3. The lowest BCUT2D eigenvalue weighted by Crippen LogP contribution is -2.40. The molecule has 3 N–H and O–H groups in total. The standard InChI is InChI=1S/C13H16I3N3O/c14-8-4-10(15)13(11(16)5-8)18-12(20)7-19-3-1-2-9(19)6-17/h4-5,9H,1-3,6-7,17H2,(H,18,20). The van der Waals surface area contributed by atoms with Crippen molar-refractivity contribution in [1.82, 2.24) is 4.90 Å². The quantitative estimate of drug-likeness (QED) is 0.516. The van der Waals surface area contributed by atoms with E-state index in [1.807, 2.05) is 0 Å². The van der Waals surface area contributed by atoms with Crippen molar-refractivity contribution in [2.75, 3.05) is 25.0 Å². The molecular weight excluding hydrogens is 595 g/mol. The van der Waals surface area contributed by atoms with Crippen molar-refractivity contribution in [1.29, 1.82) is 0 Å². The molecule has 7 heteroatoms. The number of likely N-dealkylation sites (tertiary alicyclic amines) is 1. The van der Waals surface area contributed by atoms with Crippen molar-refractivity contribution >= 4 is 79.4 Å². The number of amides is 1. The molecule has 2 rings (SSSR count). The zero-order chi connectivity index (χ0) is 14.7. The molecule has 1 atom stereocenters. The molecule has 1 aromatic carbocycles. The summed E-state index contributed by atoms with van der Waals surface area (Å²) in [4.78, 5) is 14.4. The summed E-state index contributed by atoms with van der Waals surface area (Å²) in [7, 11) is 0. The van der Waals surface area contributed by atoms with Crippen LogP contribution in [0.3, 0.4) is 0 Å². The average molecular weight is 611 g/mol. The van der Waals surface area contributed by atoms with Crippen LogP contribution >= 0.6 is 67.8 Å². The third-order valence-electron chi connectivity index (χ3n) is 3.39. The van der Waals surface area contributed by atoms with Gasteiger partial charge in [-0.1, -0.05) is 0 Å². The highest BCUT2D eigenvalue weighted by Gasteiger charge is 2.25.